The van der Waals surface area contributed by atoms with E-state index in [4.69, 9.17) is 9.72 Å². The van der Waals surface area contributed by atoms with Gasteiger partial charge in [0.2, 0.25) is 5.88 Å². The number of hydrogen-bond acceptors (Lipinski definition) is 6. The van der Waals surface area contributed by atoms with Gasteiger partial charge in [0.1, 0.15) is 10.8 Å². The highest BCUT2D eigenvalue weighted by Gasteiger charge is 2.27. The molecule has 5 nitrogen and oxygen atoms in total. The average Bonchev–Trinajstić information content (AvgIpc) is 2.82. The largest absolute Gasteiger partial charge is 0.436 e. The van der Waals surface area contributed by atoms with E-state index in [1.807, 2.05) is 13.0 Å². The van der Waals surface area contributed by atoms with Crippen LogP contribution < -0.4 is 4.74 Å². The van der Waals surface area contributed by atoms with Gasteiger partial charge in [-0.1, -0.05) is 29.8 Å². The number of fused-ring (bicyclic) bond motifs is 2. The van der Waals surface area contributed by atoms with Gasteiger partial charge in [-0.05, 0) is 43.7 Å². The van der Waals surface area contributed by atoms with E-state index in [9.17, 15) is 9.50 Å². The van der Waals surface area contributed by atoms with Gasteiger partial charge in [-0.2, -0.15) is 4.98 Å². The molecular weight excluding hydrogens is 437 g/mol. The Morgan fingerprint density at radius 3 is 2.64 bits per heavy atom. The zero-order chi connectivity index (χ0) is 22.9. The molecule has 0 bridgehead atoms. The predicted octanol–water partition coefficient (Wildman–Crippen LogP) is 5.78. The molecular formula is C26H22FN3O2S. The molecule has 2 aromatic carbocycles. The van der Waals surface area contributed by atoms with Crippen LogP contribution in [0.3, 0.4) is 0 Å². The molecule has 2 aromatic heterocycles. The SMILES string of the molecule is Cc1cccc(CSc2nc(-c3ccc(F)cc3)nc3c2Cc2c(CO)cnc(C)c2O3)c1. The van der Waals surface area contributed by atoms with Crippen molar-refractivity contribution in [1.82, 2.24) is 15.0 Å². The van der Waals surface area contributed by atoms with E-state index in [0.717, 1.165) is 33.2 Å². The number of pyridine rings is 1. The molecule has 0 fully saturated rings. The number of ether oxygens (including phenoxy) is 1. The molecule has 0 spiro atoms. The van der Waals surface area contributed by atoms with Crippen LogP contribution in [0.25, 0.3) is 11.4 Å². The van der Waals surface area contributed by atoms with Crippen LogP contribution in [0.5, 0.6) is 11.6 Å². The molecule has 0 aliphatic carbocycles. The van der Waals surface area contributed by atoms with E-state index < -0.39 is 0 Å². The maximum Gasteiger partial charge on any atom is 0.227 e. The van der Waals surface area contributed by atoms with E-state index in [1.54, 1.807) is 30.1 Å². The molecule has 0 saturated heterocycles. The summed E-state index contributed by atoms with van der Waals surface area (Å²) in [6.45, 7) is 3.83. The van der Waals surface area contributed by atoms with Crippen LogP contribution in [0.1, 0.15) is 33.5 Å². The lowest BCUT2D eigenvalue weighted by atomic mass is 9.99. The number of nitrogens with zero attached hydrogens (tertiary/aromatic N) is 3. The summed E-state index contributed by atoms with van der Waals surface area (Å²) in [5.74, 6) is 2.02. The van der Waals surface area contributed by atoms with Gasteiger partial charge >= 0.3 is 0 Å². The van der Waals surface area contributed by atoms with Gasteiger partial charge in [0.15, 0.2) is 11.6 Å². The lowest BCUT2D eigenvalue weighted by Crippen LogP contribution is -2.13. The monoisotopic (exact) mass is 459 g/mol. The van der Waals surface area contributed by atoms with Crippen molar-refractivity contribution in [2.45, 2.75) is 37.7 Å². The molecule has 1 aliphatic rings. The summed E-state index contributed by atoms with van der Waals surface area (Å²) in [6, 6.07) is 14.5. The van der Waals surface area contributed by atoms with Crippen LogP contribution in [0.4, 0.5) is 4.39 Å². The Labute approximate surface area is 195 Å². The van der Waals surface area contributed by atoms with E-state index in [-0.39, 0.29) is 12.4 Å². The van der Waals surface area contributed by atoms with Crippen molar-refractivity contribution < 1.29 is 14.2 Å². The smallest absolute Gasteiger partial charge is 0.227 e. The van der Waals surface area contributed by atoms with Crippen molar-refractivity contribution in [3.63, 3.8) is 0 Å². The first kappa shape index (κ1) is 21.6. The van der Waals surface area contributed by atoms with E-state index in [2.05, 4.69) is 35.1 Å². The molecule has 4 aromatic rings. The number of rotatable bonds is 5. The van der Waals surface area contributed by atoms with Crippen LogP contribution >= 0.6 is 11.8 Å². The fraction of sp³-hybridized carbons (Fsp3) is 0.192. The zero-order valence-electron chi connectivity index (χ0n) is 18.3. The molecule has 0 radical (unpaired) electrons. The maximum atomic E-state index is 13.5. The highest BCUT2D eigenvalue weighted by molar-refractivity contribution is 7.98. The predicted molar refractivity (Wildman–Crippen MR) is 126 cm³/mol. The lowest BCUT2D eigenvalue weighted by Gasteiger charge is -2.24. The first-order valence-electron chi connectivity index (χ1n) is 10.6. The van der Waals surface area contributed by atoms with E-state index in [0.29, 0.717) is 29.4 Å². The number of aromatic nitrogens is 3. The Bertz CT molecular complexity index is 1340. The van der Waals surface area contributed by atoms with Crippen LogP contribution in [0.2, 0.25) is 0 Å². The Balaban J connectivity index is 1.59. The number of halogens is 1. The molecule has 5 rings (SSSR count). The Hall–Kier alpha value is -3.29. The van der Waals surface area contributed by atoms with Gasteiger partial charge in [-0.25, -0.2) is 9.37 Å². The van der Waals surface area contributed by atoms with Crippen molar-refractivity contribution in [2.75, 3.05) is 0 Å². The number of aliphatic hydroxyl groups is 1. The second kappa shape index (κ2) is 8.92. The third-order valence-electron chi connectivity index (χ3n) is 5.62. The second-order valence-electron chi connectivity index (χ2n) is 8.03. The molecule has 0 saturated carbocycles. The topological polar surface area (TPSA) is 68.1 Å². The number of benzene rings is 2. The molecule has 1 aliphatic heterocycles. The van der Waals surface area contributed by atoms with E-state index >= 15 is 0 Å². The fourth-order valence-electron chi connectivity index (χ4n) is 3.89. The van der Waals surface area contributed by atoms with Crippen LogP contribution in [0.15, 0.2) is 59.8 Å². The lowest BCUT2D eigenvalue weighted by molar-refractivity contribution is 0.278. The second-order valence-corrected chi connectivity index (χ2v) is 9.00. The van der Waals surface area contributed by atoms with Gasteiger partial charge < -0.3 is 9.84 Å². The zero-order valence-corrected chi connectivity index (χ0v) is 19.1. The molecule has 33 heavy (non-hydrogen) atoms. The van der Waals surface area contributed by atoms with Gasteiger partial charge in [-0.3, -0.25) is 4.98 Å². The quantitative estimate of drug-likeness (QED) is 0.266. The molecule has 0 amide bonds. The summed E-state index contributed by atoms with van der Waals surface area (Å²) in [4.78, 5) is 13.9. The Kier molecular flexibility index (Phi) is 5.83. The van der Waals surface area contributed by atoms with Crippen molar-refractivity contribution in [3.8, 4) is 23.0 Å². The normalized spacial score (nSPS) is 12.1. The van der Waals surface area contributed by atoms with E-state index in [1.165, 1.54) is 23.3 Å². The summed E-state index contributed by atoms with van der Waals surface area (Å²) in [7, 11) is 0. The number of aliphatic hydroxyl groups excluding tert-OH is 1. The summed E-state index contributed by atoms with van der Waals surface area (Å²) < 4.78 is 19.7. The minimum atomic E-state index is -0.311. The Morgan fingerprint density at radius 2 is 1.88 bits per heavy atom. The first-order valence-corrected chi connectivity index (χ1v) is 11.6. The summed E-state index contributed by atoms with van der Waals surface area (Å²) in [6.07, 6.45) is 2.24. The summed E-state index contributed by atoms with van der Waals surface area (Å²) >= 11 is 1.62. The fourth-order valence-corrected chi connectivity index (χ4v) is 4.86. The van der Waals surface area contributed by atoms with Crippen molar-refractivity contribution >= 4 is 11.8 Å². The minimum absolute atomic E-state index is 0.116. The molecule has 7 heteroatoms. The Morgan fingerprint density at radius 1 is 1.06 bits per heavy atom. The number of aryl methyl sites for hydroxylation is 2. The molecule has 1 N–H and O–H groups in total. The molecule has 3 heterocycles. The van der Waals surface area contributed by atoms with Gasteiger partial charge in [0.25, 0.3) is 0 Å². The van der Waals surface area contributed by atoms with Crippen molar-refractivity contribution in [2.24, 2.45) is 0 Å². The molecule has 0 unspecified atom stereocenters. The van der Waals surface area contributed by atoms with Crippen LogP contribution in [-0.4, -0.2) is 20.1 Å². The third kappa shape index (κ3) is 4.34. The molecule has 0 atom stereocenters. The minimum Gasteiger partial charge on any atom is -0.436 e. The highest BCUT2D eigenvalue weighted by Crippen LogP contribution is 2.43. The number of thioether (sulfide) groups is 1. The maximum absolute atomic E-state index is 13.5. The standard InChI is InChI=1S/C26H22FN3O2S/c1-15-4-3-5-17(10-15)14-33-26-22-11-21-19(13-31)12-28-16(2)23(21)32-25(22)29-24(30-26)18-6-8-20(27)9-7-18/h3-10,12,31H,11,13-14H2,1-2H3. The van der Waals surface area contributed by atoms with Gasteiger partial charge in [-0.15, -0.1) is 11.8 Å². The van der Waals surface area contributed by atoms with Crippen LogP contribution in [0, 0.1) is 19.7 Å². The molecule has 166 valence electrons. The average molecular weight is 460 g/mol. The summed E-state index contributed by atoms with van der Waals surface area (Å²) in [5, 5.41) is 10.6. The van der Waals surface area contributed by atoms with Crippen molar-refractivity contribution in [1.29, 1.82) is 0 Å². The van der Waals surface area contributed by atoms with Gasteiger partial charge in [0, 0.05) is 35.1 Å². The summed E-state index contributed by atoms with van der Waals surface area (Å²) in [5.41, 5.74) is 6.38. The number of hydrogen-bond donors (Lipinski definition) is 1. The highest BCUT2D eigenvalue weighted by atomic mass is 32.2. The van der Waals surface area contributed by atoms with Gasteiger partial charge in [0.05, 0.1) is 17.9 Å². The third-order valence-corrected chi connectivity index (χ3v) is 6.71. The van der Waals surface area contributed by atoms with Crippen LogP contribution in [-0.2, 0) is 18.8 Å². The first-order chi connectivity index (χ1) is 16.0. The van der Waals surface area contributed by atoms with Crippen molar-refractivity contribution in [3.05, 3.63) is 94.1 Å².